The summed E-state index contributed by atoms with van der Waals surface area (Å²) in [5.41, 5.74) is 0. The average Bonchev–Trinajstić information content (AvgIpc) is 2.37. The van der Waals surface area contributed by atoms with Crippen LogP contribution in [0.3, 0.4) is 0 Å². The minimum absolute atomic E-state index is 0.0732. The molecular formula is C8H17NO2. The van der Waals surface area contributed by atoms with E-state index in [4.69, 9.17) is 5.11 Å². The maximum Gasteiger partial charge on any atom is 0.0555 e. The molecule has 2 atom stereocenters. The summed E-state index contributed by atoms with van der Waals surface area (Å²) in [5, 5.41) is 20.8. The molecule has 1 saturated carbocycles. The molecule has 1 aliphatic carbocycles. The first-order valence-corrected chi connectivity index (χ1v) is 4.32. The minimum atomic E-state index is -0.0732. The minimum Gasteiger partial charge on any atom is -0.395 e. The van der Waals surface area contributed by atoms with Gasteiger partial charge >= 0.3 is 0 Å². The van der Waals surface area contributed by atoms with Gasteiger partial charge in [0, 0.05) is 6.54 Å². The van der Waals surface area contributed by atoms with E-state index >= 15 is 0 Å². The zero-order chi connectivity index (χ0) is 8.10. The van der Waals surface area contributed by atoms with Crippen LogP contribution in [0.25, 0.3) is 0 Å². The van der Waals surface area contributed by atoms with Gasteiger partial charge in [-0.15, -0.1) is 0 Å². The normalized spacial score (nSPS) is 31.1. The van der Waals surface area contributed by atoms with Gasteiger partial charge in [-0.1, -0.05) is 0 Å². The van der Waals surface area contributed by atoms with E-state index in [-0.39, 0.29) is 12.7 Å². The van der Waals surface area contributed by atoms with Gasteiger partial charge in [0.1, 0.15) is 0 Å². The van der Waals surface area contributed by atoms with Gasteiger partial charge < -0.3 is 15.5 Å². The molecular weight excluding hydrogens is 142 g/mol. The van der Waals surface area contributed by atoms with E-state index in [9.17, 15) is 5.11 Å². The third-order valence-corrected chi connectivity index (χ3v) is 2.24. The summed E-state index contributed by atoms with van der Waals surface area (Å²) in [6.07, 6.45) is 2.93. The topological polar surface area (TPSA) is 52.5 Å². The van der Waals surface area contributed by atoms with Crippen molar-refractivity contribution in [2.45, 2.75) is 25.4 Å². The van der Waals surface area contributed by atoms with Crippen molar-refractivity contribution in [1.82, 2.24) is 5.32 Å². The predicted octanol–water partition coefficient (Wildman–Crippen LogP) is -0.271. The Balaban J connectivity index is 1.99. The Hall–Kier alpha value is -0.120. The lowest BCUT2D eigenvalue weighted by Gasteiger charge is -2.08. The highest BCUT2D eigenvalue weighted by Crippen LogP contribution is 2.24. The fourth-order valence-electron chi connectivity index (χ4n) is 1.62. The number of nitrogens with one attached hydrogen (secondary N) is 1. The standard InChI is InChI=1S/C8H17NO2/c10-4-3-9-6-7-1-2-8(11)5-7/h7-11H,1-6H2. The quantitative estimate of drug-likeness (QED) is 0.495. The van der Waals surface area contributed by atoms with Crippen molar-refractivity contribution in [3.05, 3.63) is 0 Å². The van der Waals surface area contributed by atoms with Crippen LogP contribution in [0.5, 0.6) is 0 Å². The highest BCUT2D eigenvalue weighted by molar-refractivity contribution is 4.75. The fraction of sp³-hybridized carbons (Fsp3) is 1.00. The number of hydrogen-bond acceptors (Lipinski definition) is 3. The van der Waals surface area contributed by atoms with Gasteiger partial charge in [-0.05, 0) is 31.7 Å². The molecule has 3 heteroatoms. The summed E-state index contributed by atoms with van der Waals surface area (Å²) in [6, 6.07) is 0. The SMILES string of the molecule is OCCNCC1CCC(O)C1. The van der Waals surface area contributed by atoms with E-state index in [1.54, 1.807) is 0 Å². The fourth-order valence-corrected chi connectivity index (χ4v) is 1.62. The zero-order valence-corrected chi connectivity index (χ0v) is 6.79. The van der Waals surface area contributed by atoms with Crippen molar-refractivity contribution in [1.29, 1.82) is 0 Å². The summed E-state index contributed by atoms with van der Waals surface area (Å²) in [7, 11) is 0. The lowest BCUT2D eigenvalue weighted by molar-refractivity contribution is 0.177. The summed E-state index contributed by atoms with van der Waals surface area (Å²) in [4.78, 5) is 0. The number of rotatable bonds is 4. The van der Waals surface area contributed by atoms with Crippen LogP contribution in [0.15, 0.2) is 0 Å². The van der Waals surface area contributed by atoms with Crippen LogP contribution in [0.4, 0.5) is 0 Å². The largest absolute Gasteiger partial charge is 0.395 e. The Kier molecular flexibility index (Phi) is 3.83. The third-order valence-electron chi connectivity index (χ3n) is 2.24. The summed E-state index contributed by atoms with van der Waals surface area (Å²) in [6.45, 7) is 1.82. The second kappa shape index (κ2) is 4.70. The first-order valence-electron chi connectivity index (χ1n) is 4.32. The van der Waals surface area contributed by atoms with Crippen molar-refractivity contribution in [2.75, 3.05) is 19.7 Å². The van der Waals surface area contributed by atoms with Crippen LogP contribution < -0.4 is 5.32 Å². The molecule has 3 N–H and O–H groups in total. The molecule has 0 heterocycles. The summed E-state index contributed by atoms with van der Waals surface area (Å²) >= 11 is 0. The van der Waals surface area contributed by atoms with Crippen molar-refractivity contribution in [2.24, 2.45) is 5.92 Å². The Bertz CT molecular complexity index is 108. The van der Waals surface area contributed by atoms with Gasteiger partial charge in [0.15, 0.2) is 0 Å². The summed E-state index contributed by atoms with van der Waals surface area (Å²) in [5.74, 6) is 0.622. The molecule has 0 amide bonds. The molecule has 1 aliphatic rings. The molecule has 1 fully saturated rings. The second-order valence-electron chi connectivity index (χ2n) is 3.26. The maximum atomic E-state index is 9.18. The van der Waals surface area contributed by atoms with Crippen molar-refractivity contribution >= 4 is 0 Å². The van der Waals surface area contributed by atoms with E-state index in [1.165, 1.54) is 0 Å². The van der Waals surface area contributed by atoms with Gasteiger partial charge in [-0.25, -0.2) is 0 Å². The molecule has 0 bridgehead atoms. The lowest BCUT2D eigenvalue weighted by atomic mass is 10.1. The zero-order valence-electron chi connectivity index (χ0n) is 6.79. The molecule has 0 aliphatic heterocycles. The Labute approximate surface area is 67.4 Å². The first-order chi connectivity index (χ1) is 5.33. The van der Waals surface area contributed by atoms with Crippen molar-refractivity contribution in [3.8, 4) is 0 Å². The molecule has 11 heavy (non-hydrogen) atoms. The highest BCUT2D eigenvalue weighted by Gasteiger charge is 2.21. The van der Waals surface area contributed by atoms with Crippen LogP contribution in [0, 0.1) is 5.92 Å². The van der Waals surface area contributed by atoms with Gasteiger partial charge in [-0.3, -0.25) is 0 Å². The van der Waals surface area contributed by atoms with E-state index in [2.05, 4.69) is 5.32 Å². The molecule has 0 aromatic rings. The molecule has 1 rings (SSSR count). The number of hydrogen-bond donors (Lipinski definition) is 3. The molecule has 3 nitrogen and oxygen atoms in total. The molecule has 0 aromatic carbocycles. The van der Waals surface area contributed by atoms with E-state index in [0.29, 0.717) is 12.5 Å². The van der Waals surface area contributed by atoms with E-state index < -0.39 is 0 Å². The van der Waals surface area contributed by atoms with Crippen LogP contribution in [0.2, 0.25) is 0 Å². The van der Waals surface area contributed by atoms with E-state index in [0.717, 1.165) is 25.8 Å². The monoisotopic (exact) mass is 159 g/mol. The molecule has 0 saturated heterocycles. The molecule has 0 spiro atoms. The van der Waals surface area contributed by atoms with Gasteiger partial charge in [0.25, 0.3) is 0 Å². The first kappa shape index (κ1) is 8.97. The molecule has 2 unspecified atom stereocenters. The van der Waals surface area contributed by atoms with Crippen LogP contribution >= 0.6 is 0 Å². The highest BCUT2D eigenvalue weighted by atomic mass is 16.3. The van der Waals surface area contributed by atoms with Crippen molar-refractivity contribution < 1.29 is 10.2 Å². The van der Waals surface area contributed by atoms with Gasteiger partial charge in [-0.2, -0.15) is 0 Å². The third kappa shape index (κ3) is 3.18. The van der Waals surface area contributed by atoms with Crippen LogP contribution in [-0.2, 0) is 0 Å². The van der Waals surface area contributed by atoms with Gasteiger partial charge in [0.05, 0.1) is 12.7 Å². The molecule has 0 radical (unpaired) electrons. The predicted molar refractivity (Wildman–Crippen MR) is 43.3 cm³/mol. The number of aliphatic hydroxyl groups is 2. The van der Waals surface area contributed by atoms with Crippen LogP contribution in [-0.4, -0.2) is 36.0 Å². The second-order valence-corrected chi connectivity index (χ2v) is 3.26. The Morgan fingerprint density at radius 3 is 2.73 bits per heavy atom. The van der Waals surface area contributed by atoms with E-state index in [1.807, 2.05) is 0 Å². The number of aliphatic hydroxyl groups excluding tert-OH is 2. The van der Waals surface area contributed by atoms with Crippen LogP contribution in [0.1, 0.15) is 19.3 Å². The average molecular weight is 159 g/mol. The lowest BCUT2D eigenvalue weighted by Crippen LogP contribution is -2.24. The maximum absolute atomic E-state index is 9.18. The summed E-state index contributed by atoms with van der Waals surface area (Å²) < 4.78 is 0. The Morgan fingerprint density at radius 2 is 2.18 bits per heavy atom. The Morgan fingerprint density at radius 1 is 1.36 bits per heavy atom. The van der Waals surface area contributed by atoms with Crippen molar-refractivity contribution in [3.63, 3.8) is 0 Å². The van der Waals surface area contributed by atoms with Gasteiger partial charge in [0.2, 0.25) is 0 Å². The smallest absolute Gasteiger partial charge is 0.0555 e. The molecule has 66 valence electrons. The molecule has 0 aromatic heterocycles.